The molecule has 118 valence electrons. The molecule has 21 heavy (non-hydrogen) atoms. The van der Waals surface area contributed by atoms with Gasteiger partial charge in [0.25, 0.3) is 0 Å². The molecule has 0 saturated heterocycles. The predicted octanol–water partition coefficient (Wildman–Crippen LogP) is 4.35. The number of hydrogen-bond donors (Lipinski definition) is 1. The van der Waals surface area contributed by atoms with E-state index in [2.05, 4.69) is 19.1 Å². The molecule has 1 unspecified atom stereocenters. The average Bonchev–Trinajstić information content (AvgIpc) is 2.86. The van der Waals surface area contributed by atoms with Gasteiger partial charge in [0, 0.05) is 15.8 Å². The van der Waals surface area contributed by atoms with Crippen LogP contribution in [-0.4, -0.2) is 12.6 Å². The van der Waals surface area contributed by atoms with Gasteiger partial charge < -0.3 is 10.5 Å². The number of hydrogen-bond acceptors (Lipinski definition) is 4. The maximum Gasteiger partial charge on any atom is 0.306 e. The standard InChI is InChI=1S/C17H27NO2S/c1-3-20-16(19)12-17(9-5-4-6-10-17)11-14(18)15-8-7-13(2)21-15/h7-8,14H,3-6,9-12,18H2,1-2H3. The van der Waals surface area contributed by atoms with E-state index in [-0.39, 0.29) is 17.4 Å². The first-order valence-electron chi connectivity index (χ1n) is 8.02. The molecule has 3 nitrogen and oxygen atoms in total. The van der Waals surface area contributed by atoms with E-state index < -0.39 is 0 Å². The first-order valence-corrected chi connectivity index (χ1v) is 8.84. The van der Waals surface area contributed by atoms with Crippen LogP contribution in [0.4, 0.5) is 0 Å². The summed E-state index contributed by atoms with van der Waals surface area (Å²) < 4.78 is 5.18. The van der Waals surface area contributed by atoms with Crippen molar-refractivity contribution in [3.8, 4) is 0 Å². The van der Waals surface area contributed by atoms with Crippen molar-refractivity contribution < 1.29 is 9.53 Å². The molecule has 1 aromatic heterocycles. The zero-order chi connectivity index (χ0) is 15.3. The number of rotatable bonds is 6. The second-order valence-corrected chi connectivity index (χ2v) is 7.62. The van der Waals surface area contributed by atoms with Gasteiger partial charge >= 0.3 is 5.97 Å². The van der Waals surface area contributed by atoms with Gasteiger partial charge in [-0.05, 0) is 50.7 Å². The summed E-state index contributed by atoms with van der Waals surface area (Å²) in [6, 6.07) is 4.29. The van der Waals surface area contributed by atoms with E-state index >= 15 is 0 Å². The number of nitrogens with two attached hydrogens (primary N) is 1. The van der Waals surface area contributed by atoms with Gasteiger partial charge in [-0.1, -0.05) is 19.3 Å². The van der Waals surface area contributed by atoms with E-state index in [1.54, 1.807) is 11.3 Å². The molecule has 1 fully saturated rings. The molecule has 0 aromatic carbocycles. The van der Waals surface area contributed by atoms with E-state index in [0.29, 0.717) is 13.0 Å². The van der Waals surface area contributed by atoms with Gasteiger partial charge in [0.2, 0.25) is 0 Å². The minimum absolute atomic E-state index is 0.0382. The van der Waals surface area contributed by atoms with Gasteiger partial charge in [0.1, 0.15) is 0 Å². The Kier molecular flexibility index (Phi) is 5.82. The molecule has 1 aliphatic carbocycles. The molecular weight excluding hydrogens is 282 g/mol. The molecule has 0 bridgehead atoms. The third kappa shape index (κ3) is 4.55. The number of aryl methyl sites for hydroxylation is 1. The zero-order valence-electron chi connectivity index (χ0n) is 13.2. The van der Waals surface area contributed by atoms with E-state index in [9.17, 15) is 4.79 Å². The Morgan fingerprint density at radius 3 is 2.67 bits per heavy atom. The third-order valence-corrected chi connectivity index (χ3v) is 5.65. The van der Waals surface area contributed by atoms with Crippen molar-refractivity contribution in [2.24, 2.45) is 11.1 Å². The summed E-state index contributed by atoms with van der Waals surface area (Å²) in [5.41, 5.74) is 6.48. The lowest BCUT2D eigenvalue weighted by Gasteiger charge is -2.38. The topological polar surface area (TPSA) is 52.3 Å². The molecule has 0 radical (unpaired) electrons. The zero-order valence-corrected chi connectivity index (χ0v) is 14.0. The molecule has 1 heterocycles. The van der Waals surface area contributed by atoms with Crippen LogP contribution in [-0.2, 0) is 9.53 Å². The van der Waals surface area contributed by atoms with Crippen LogP contribution in [0.15, 0.2) is 12.1 Å². The number of carbonyl (C=O) groups is 1. The van der Waals surface area contributed by atoms with Crippen molar-refractivity contribution in [2.45, 2.75) is 64.8 Å². The van der Waals surface area contributed by atoms with Crippen molar-refractivity contribution >= 4 is 17.3 Å². The van der Waals surface area contributed by atoms with Crippen LogP contribution in [0, 0.1) is 12.3 Å². The predicted molar refractivity (Wildman–Crippen MR) is 87.4 cm³/mol. The number of esters is 1. The molecular formula is C17H27NO2S. The normalized spacial score (nSPS) is 19.2. The summed E-state index contributed by atoms with van der Waals surface area (Å²) in [5.74, 6) is -0.0611. The van der Waals surface area contributed by atoms with Crippen LogP contribution in [0.2, 0.25) is 0 Å². The summed E-state index contributed by atoms with van der Waals surface area (Å²) in [6.45, 7) is 4.44. The highest BCUT2D eigenvalue weighted by Crippen LogP contribution is 2.46. The second kappa shape index (κ2) is 7.41. The number of thiophene rings is 1. The van der Waals surface area contributed by atoms with E-state index in [0.717, 1.165) is 19.3 Å². The molecule has 1 atom stereocenters. The Labute approximate surface area is 131 Å². The van der Waals surface area contributed by atoms with Crippen molar-refractivity contribution in [3.05, 3.63) is 21.9 Å². The Bertz CT molecular complexity index is 463. The molecule has 1 saturated carbocycles. The fourth-order valence-electron chi connectivity index (χ4n) is 3.49. The van der Waals surface area contributed by atoms with E-state index in [1.807, 2.05) is 6.92 Å². The SMILES string of the molecule is CCOC(=O)CC1(CC(N)c2ccc(C)s2)CCCCC1. The molecule has 2 N–H and O–H groups in total. The molecule has 0 spiro atoms. The Morgan fingerprint density at radius 1 is 1.38 bits per heavy atom. The van der Waals surface area contributed by atoms with Crippen LogP contribution in [0.3, 0.4) is 0 Å². The molecule has 0 amide bonds. The Hall–Kier alpha value is -0.870. The van der Waals surface area contributed by atoms with Gasteiger partial charge in [-0.3, -0.25) is 4.79 Å². The highest BCUT2D eigenvalue weighted by atomic mass is 32.1. The maximum atomic E-state index is 12.0. The van der Waals surface area contributed by atoms with Gasteiger partial charge in [0.15, 0.2) is 0 Å². The van der Waals surface area contributed by atoms with Crippen molar-refractivity contribution in [1.82, 2.24) is 0 Å². The number of ether oxygens (including phenoxy) is 1. The summed E-state index contributed by atoms with van der Waals surface area (Å²) in [6.07, 6.45) is 7.31. The van der Waals surface area contributed by atoms with Crippen molar-refractivity contribution in [2.75, 3.05) is 6.61 Å². The first kappa shape index (κ1) is 16.5. The van der Waals surface area contributed by atoms with Crippen LogP contribution in [0.1, 0.15) is 67.7 Å². The highest BCUT2D eigenvalue weighted by molar-refractivity contribution is 7.12. The number of carbonyl (C=O) groups excluding carboxylic acids is 1. The largest absolute Gasteiger partial charge is 0.466 e. The molecule has 4 heteroatoms. The average molecular weight is 309 g/mol. The maximum absolute atomic E-state index is 12.0. The smallest absolute Gasteiger partial charge is 0.306 e. The lowest BCUT2D eigenvalue weighted by molar-refractivity contribution is -0.146. The van der Waals surface area contributed by atoms with Crippen molar-refractivity contribution in [1.29, 1.82) is 0 Å². The van der Waals surface area contributed by atoms with Gasteiger partial charge in [-0.2, -0.15) is 0 Å². The van der Waals surface area contributed by atoms with Gasteiger partial charge in [0.05, 0.1) is 13.0 Å². The lowest BCUT2D eigenvalue weighted by Crippen LogP contribution is -2.32. The third-order valence-electron chi connectivity index (χ3n) is 4.52. The van der Waals surface area contributed by atoms with Gasteiger partial charge in [-0.15, -0.1) is 11.3 Å². The Morgan fingerprint density at radius 2 is 2.10 bits per heavy atom. The summed E-state index contributed by atoms with van der Waals surface area (Å²) in [7, 11) is 0. The molecule has 1 aliphatic rings. The summed E-state index contributed by atoms with van der Waals surface area (Å²) >= 11 is 1.77. The molecule has 0 aliphatic heterocycles. The molecule has 2 rings (SSSR count). The fourth-order valence-corrected chi connectivity index (χ4v) is 4.37. The van der Waals surface area contributed by atoms with Gasteiger partial charge in [-0.25, -0.2) is 0 Å². The highest BCUT2D eigenvalue weighted by Gasteiger charge is 2.36. The van der Waals surface area contributed by atoms with Crippen LogP contribution in [0.5, 0.6) is 0 Å². The lowest BCUT2D eigenvalue weighted by atomic mass is 9.68. The minimum atomic E-state index is -0.0611. The van der Waals surface area contributed by atoms with Crippen molar-refractivity contribution in [3.63, 3.8) is 0 Å². The minimum Gasteiger partial charge on any atom is -0.466 e. The summed E-state index contributed by atoms with van der Waals surface area (Å²) in [4.78, 5) is 14.5. The quantitative estimate of drug-likeness (QED) is 0.795. The van der Waals surface area contributed by atoms with E-state index in [4.69, 9.17) is 10.5 Å². The fraction of sp³-hybridized carbons (Fsp3) is 0.706. The second-order valence-electron chi connectivity index (χ2n) is 6.30. The monoisotopic (exact) mass is 309 g/mol. The molecule has 1 aromatic rings. The van der Waals surface area contributed by atoms with Crippen LogP contribution in [0.25, 0.3) is 0 Å². The first-order chi connectivity index (χ1) is 10.0. The van der Waals surface area contributed by atoms with Crippen LogP contribution < -0.4 is 5.73 Å². The van der Waals surface area contributed by atoms with Crippen LogP contribution >= 0.6 is 11.3 Å². The summed E-state index contributed by atoms with van der Waals surface area (Å²) in [5, 5.41) is 0. The Balaban J connectivity index is 2.06. The van der Waals surface area contributed by atoms with E-state index in [1.165, 1.54) is 29.0 Å².